The van der Waals surface area contributed by atoms with Crippen molar-refractivity contribution < 1.29 is 107 Å². The van der Waals surface area contributed by atoms with Crippen LogP contribution in [0, 0.1) is 5.92 Å². The molecule has 1 aromatic heterocycles. The first kappa shape index (κ1) is 87.3. The number of rotatable bonds is 43. The number of thiophene rings is 1. The van der Waals surface area contributed by atoms with Crippen molar-refractivity contribution in [2.75, 3.05) is 160 Å². The molecule has 1 unspecified atom stereocenters. The molecule has 1 saturated heterocycles. The van der Waals surface area contributed by atoms with Gasteiger partial charge in [-0.25, -0.2) is 14.4 Å². The molecule has 4 heterocycles. The molecule has 9 rings (SSSR count). The van der Waals surface area contributed by atoms with E-state index in [9.17, 15) is 59.4 Å². The van der Waals surface area contributed by atoms with Gasteiger partial charge in [0.15, 0.2) is 0 Å². The molecule has 0 radical (unpaired) electrons. The highest BCUT2D eigenvalue weighted by atomic mass is 35.5. The highest BCUT2D eigenvalue weighted by Gasteiger charge is 2.48. The predicted molar refractivity (Wildman–Crippen MR) is 418 cm³/mol. The zero-order chi connectivity index (χ0) is 80.8. The van der Waals surface area contributed by atoms with Crippen LogP contribution in [0.3, 0.4) is 0 Å². The number of alkyl halides is 2. The number of aliphatic hydroxyl groups excluding tert-OH is 4. The molecule has 9 amide bonds. The fourth-order valence-corrected chi connectivity index (χ4v) is 15.3. The molecule has 0 bridgehead atoms. The molecule has 0 spiro atoms. The minimum absolute atomic E-state index is 0.00955. The lowest BCUT2D eigenvalue weighted by atomic mass is 9.78. The Balaban J connectivity index is 0.902. The Hall–Kier alpha value is -8.62. The van der Waals surface area contributed by atoms with Gasteiger partial charge >= 0.3 is 18.2 Å². The summed E-state index contributed by atoms with van der Waals surface area (Å²) in [5.41, 5.74) is 12.1. The van der Waals surface area contributed by atoms with Gasteiger partial charge in [-0.2, -0.15) is 0 Å². The quantitative estimate of drug-likeness (QED) is 0.0170. The first-order valence-corrected chi connectivity index (χ1v) is 38.8. The van der Waals surface area contributed by atoms with Gasteiger partial charge in [-0.15, -0.1) is 34.5 Å². The molecule has 0 aliphatic carbocycles. The third-order valence-electron chi connectivity index (χ3n) is 19.7. The van der Waals surface area contributed by atoms with Crippen LogP contribution in [0.25, 0.3) is 21.5 Å². The molecule has 0 saturated carbocycles. The van der Waals surface area contributed by atoms with E-state index in [1.807, 2.05) is 12.1 Å². The van der Waals surface area contributed by atoms with Crippen LogP contribution in [0.4, 0.5) is 31.4 Å². The predicted octanol–water partition coefficient (Wildman–Crippen LogP) is 5.32. The van der Waals surface area contributed by atoms with Gasteiger partial charge in [0.25, 0.3) is 11.8 Å². The summed E-state index contributed by atoms with van der Waals surface area (Å²) in [5.74, 6) is -3.83. The van der Waals surface area contributed by atoms with Gasteiger partial charge in [-0.1, -0.05) is 74.5 Å². The van der Waals surface area contributed by atoms with Crippen molar-refractivity contribution in [1.29, 1.82) is 0 Å². The van der Waals surface area contributed by atoms with Crippen molar-refractivity contribution in [2.24, 2.45) is 17.4 Å². The largest absolute Gasteiger partial charge is 0.465 e. The number of primary amides is 1. The molecular formula is C77H100Cl2N10O22S. The number of likely N-dealkylation sites (N-methyl/N-ethyl adjacent to an activating group) is 2. The second-order valence-corrected chi connectivity index (χ2v) is 29.3. The van der Waals surface area contributed by atoms with Crippen molar-refractivity contribution in [3.63, 3.8) is 0 Å². The molecule has 1 fully saturated rings. The van der Waals surface area contributed by atoms with Gasteiger partial charge < -0.3 is 116 Å². The minimum atomic E-state index is -1.79. The van der Waals surface area contributed by atoms with E-state index >= 15 is 9.59 Å². The van der Waals surface area contributed by atoms with Gasteiger partial charge in [0, 0.05) is 99.5 Å². The number of carbonyl (C=O) groups is 8. The van der Waals surface area contributed by atoms with E-state index in [0.29, 0.717) is 116 Å². The zero-order valence-electron chi connectivity index (χ0n) is 62.8. The van der Waals surface area contributed by atoms with Gasteiger partial charge in [0.1, 0.15) is 42.2 Å². The SMILES string of the molecule is CC(C)[C@H](NC(=O)CCOCCOCCOCCOCCOCCOCCN)C(=O)N[C@@H](CCCNC(N)=O)C(=O)Nc1ccc(CC(CN(C)C(=O)O)(c2cc3c(c4ccccc24)[C@H](CCl)CN3C(=O)c2ccc(C(=O)N3C[C@@H](CCl)c4c3cc(O[C@@H]3O[C@H](CO)[C@H](O)[C@H](O)[C@H]3O)c3ccccc43)s2)N(C)C(=O)O)cc1. The third-order valence-corrected chi connectivity index (χ3v) is 21.5. The number of hydrogen-bond acceptors (Lipinski definition) is 22. The number of fused-ring (bicyclic) bond motifs is 6. The molecule has 6 aromatic rings. The molecule has 112 heavy (non-hydrogen) atoms. The number of nitrogens with two attached hydrogens (primary N) is 2. The Morgan fingerprint density at radius 3 is 1.68 bits per heavy atom. The Morgan fingerprint density at radius 1 is 0.652 bits per heavy atom. The summed E-state index contributed by atoms with van der Waals surface area (Å²) >= 11 is 14.4. The molecule has 5 aromatic carbocycles. The van der Waals surface area contributed by atoms with Crippen molar-refractivity contribution in [3.05, 3.63) is 129 Å². The normalized spacial score (nSPS) is 19.0. The maximum Gasteiger partial charge on any atom is 0.407 e. The Kier molecular flexibility index (Phi) is 32.7. The maximum atomic E-state index is 15.4. The lowest BCUT2D eigenvalue weighted by molar-refractivity contribution is -0.277. The summed E-state index contributed by atoms with van der Waals surface area (Å²) in [7, 11) is 2.63. The molecular weight excluding hydrogens is 1520 g/mol. The fourth-order valence-electron chi connectivity index (χ4n) is 13.9. The molecule has 3 aliphatic heterocycles. The molecule has 35 heteroatoms. The number of hydrogen-bond donors (Lipinski definition) is 12. The van der Waals surface area contributed by atoms with Gasteiger partial charge in [0.2, 0.25) is 24.0 Å². The van der Waals surface area contributed by atoms with E-state index < -0.39 is 121 Å². The van der Waals surface area contributed by atoms with Gasteiger partial charge in [-0.3, -0.25) is 28.9 Å². The van der Waals surface area contributed by atoms with E-state index in [2.05, 4.69) is 21.3 Å². The van der Waals surface area contributed by atoms with Crippen molar-refractivity contribution in [3.8, 4) is 5.75 Å². The summed E-state index contributed by atoms with van der Waals surface area (Å²) in [6, 6.07) is 24.0. The van der Waals surface area contributed by atoms with Crippen LogP contribution >= 0.6 is 34.5 Å². The van der Waals surface area contributed by atoms with Crippen molar-refractivity contribution in [2.45, 2.75) is 99.7 Å². The van der Waals surface area contributed by atoms with E-state index in [-0.39, 0.29) is 104 Å². The van der Waals surface area contributed by atoms with Crippen LogP contribution in [0.15, 0.2) is 97.1 Å². The minimum Gasteiger partial charge on any atom is -0.465 e. The van der Waals surface area contributed by atoms with Crippen LogP contribution in [-0.2, 0) is 59.5 Å². The third kappa shape index (κ3) is 21.8. The van der Waals surface area contributed by atoms with Crippen LogP contribution in [0.2, 0.25) is 0 Å². The van der Waals surface area contributed by atoms with Crippen molar-refractivity contribution in [1.82, 2.24) is 25.8 Å². The van der Waals surface area contributed by atoms with Crippen molar-refractivity contribution >= 4 is 121 Å². The molecule has 32 nitrogen and oxygen atoms in total. The van der Waals surface area contributed by atoms with E-state index in [4.69, 9.17) is 72.6 Å². The number of nitrogens with zero attached hydrogens (tertiary/aromatic N) is 4. The van der Waals surface area contributed by atoms with Crippen LogP contribution in [0.1, 0.15) is 86.5 Å². The number of halogens is 2. The average molecular weight is 1620 g/mol. The van der Waals surface area contributed by atoms with E-state index in [1.54, 1.807) is 86.6 Å². The summed E-state index contributed by atoms with van der Waals surface area (Å²) in [5, 5.41) is 77.1. The van der Waals surface area contributed by atoms with E-state index in [1.165, 1.54) is 36.0 Å². The highest BCUT2D eigenvalue weighted by Crippen LogP contribution is 2.50. The smallest absolute Gasteiger partial charge is 0.407 e. The summed E-state index contributed by atoms with van der Waals surface area (Å²) < 4.78 is 44.8. The number of ether oxygens (including phenoxy) is 8. The number of aliphatic hydroxyl groups is 4. The number of carboxylic acid groups (broad SMARTS) is 2. The number of amides is 9. The second kappa shape index (κ2) is 41.9. The zero-order valence-corrected chi connectivity index (χ0v) is 65.1. The number of urea groups is 1. The topological polar surface area (TPSA) is 445 Å². The van der Waals surface area contributed by atoms with Gasteiger partial charge in [0.05, 0.1) is 113 Å². The lowest BCUT2D eigenvalue weighted by Crippen LogP contribution is -2.60. The Labute approximate surface area is 661 Å². The first-order chi connectivity index (χ1) is 53.9. The fraction of sp³-hybridized carbons (Fsp3) is 0.506. The molecule has 10 atom stereocenters. The molecule has 14 N–H and O–H groups in total. The summed E-state index contributed by atoms with van der Waals surface area (Å²) in [4.78, 5) is 116. The first-order valence-electron chi connectivity index (χ1n) is 36.9. The summed E-state index contributed by atoms with van der Waals surface area (Å²) in [6.45, 7) is 7.17. The number of benzene rings is 5. The molecule has 3 aliphatic rings. The molecule has 610 valence electrons. The van der Waals surface area contributed by atoms with Crippen LogP contribution in [-0.4, -0.2) is 275 Å². The highest BCUT2D eigenvalue weighted by molar-refractivity contribution is 7.16. The van der Waals surface area contributed by atoms with Crippen LogP contribution < -0.4 is 47.3 Å². The monoisotopic (exact) mass is 1620 g/mol. The Bertz CT molecular complexity index is 4200. The standard InChI is InChI=1S/C77H100Cl2N10O22S/c1-45(2)65(85-62(91)21-24-104-26-28-106-30-32-108-34-35-109-33-31-107-29-27-105-25-22-80)70(96)84-55(14-9-23-82-74(81)99)69(95)83-49-17-15-46(16-18-49)38-77(87(4)76(102)103,44-86(3)75(100)101)54-36-56-63(52-12-7-5-10-50(52)54)47(39-78)41-88(56)71(97)60-19-20-61(112-60)72(98)89-42-48(40-79)64-53-13-8-6-11-51(53)58(37-57(64)89)110-73-68(94)67(93)66(92)59(43-90)111-73/h5-8,10-13,15-20,36-37,45,47-48,55,59,65-68,73,90,92-94H,9,14,21-35,38-44,80H2,1-4H3,(H,83,95)(H,84,96)(H,85,91)(H,100,101)(H,102,103)(H3,81,82,99)/t47-,48-,55+,59-,65+,66+,67+,68-,73-,77?/m1/s1. The number of carbonyl (C=O) groups excluding carboxylic acids is 6. The lowest BCUT2D eigenvalue weighted by Gasteiger charge is -2.44. The Morgan fingerprint density at radius 2 is 1.17 bits per heavy atom. The average Bonchev–Trinajstić information content (AvgIpc) is 1.53. The number of anilines is 3. The summed E-state index contributed by atoms with van der Waals surface area (Å²) in [6.07, 6.45) is -10.8. The second-order valence-electron chi connectivity index (χ2n) is 27.6. The van der Waals surface area contributed by atoms with Gasteiger partial charge in [-0.05, 0) is 87.5 Å². The van der Waals surface area contributed by atoms with Crippen LogP contribution in [0.5, 0.6) is 5.75 Å². The number of nitrogens with one attached hydrogen (secondary N) is 4. The maximum absolute atomic E-state index is 15.4. The van der Waals surface area contributed by atoms with E-state index in [0.717, 1.165) is 26.7 Å².